The van der Waals surface area contributed by atoms with Crippen molar-refractivity contribution in [2.75, 3.05) is 31.1 Å². The van der Waals surface area contributed by atoms with E-state index >= 15 is 0 Å². The Balaban J connectivity index is 1.57. The Morgan fingerprint density at radius 2 is 1.92 bits per heavy atom. The van der Waals surface area contributed by atoms with Gasteiger partial charge in [-0.25, -0.2) is 0 Å². The van der Waals surface area contributed by atoms with Crippen LogP contribution in [0.2, 0.25) is 0 Å². The average Bonchev–Trinajstić information content (AvgIpc) is 3.02. The first-order valence-corrected chi connectivity index (χ1v) is 10.3. The van der Waals surface area contributed by atoms with E-state index in [1.165, 1.54) is 19.3 Å². The largest absolute Gasteiger partial charge is 0.354 e. The number of anilines is 1. The summed E-state index contributed by atoms with van der Waals surface area (Å²) in [4.78, 5) is 29.2. The smallest absolute Gasteiger partial charge is 0.227 e. The molecule has 2 aliphatic rings. The van der Waals surface area contributed by atoms with Gasteiger partial charge in [0, 0.05) is 29.5 Å². The van der Waals surface area contributed by atoms with Crippen molar-refractivity contribution >= 4 is 33.4 Å². The summed E-state index contributed by atoms with van der Waals surface area (Å²) in [6.07, 6.45) is 4.04. The van der Waals surface area contributed by atoms with Gasteiger partial charge in [-0.2, -0.15) is 0 Å². The van der Waals surface area contributed by atoms with Crippen LogP contribution in [0.4, 0.5) is 5.69 Å². The Hall–Kier alpha value is -1.40. The molecule has 3 rings (SSSR count). The van der Waals surface area contributed by atoms with Gasteiger partial charge in [0.05, 0.1) is 11.6 Å². The van der Waals surface area contributed by atoms with E-state index in [2.05, 4.69) is 40.0 Å². The van der Waals surface area contributed by atoms with Gasteiger partial charge in [-0.3, -0.25) is 14.5 Å². The molecule has 0 aromatic heterocycles. The lowest BCUT2D eigenvalue weighted by Gasteiger charge is -2.41. The van der Waals surface area contributed by atoms with Crippen LogP contribution in [0.5, 0.6) is 0 Å². The predicted molar refractivity (Wildman–Crippen MR) is 107 cm³/mol. The summed E-state index contributed by atoms with van der Waals surface area (Å²) in [5.74, 6) is -0.294. The Morgan fingerprint density at radius 3 is 2.62 bits per heavy atom. The Morgan fingerprint density at radius 1 is 1.23 bits per heavy atom. The molecular weight excluding hydrogens is 394 g/mol. The van der Waals surface area contributed by atoms with Crippen molar-refractivity contribution in [3.63, 3.8) is 0 Å². The number of piperidine rings is 1. The first kappa shape index (κ1) is 19.4. The molecule has 1 N–H and O–H groups in total. The fraction of sp³-hybridized carbons (Fsp3) is 0.600. The number of benzene rings is 1. The number of hydrogen-bond acceptors (Lipinski definition) is 3. The number of hydrogen-bond donors (Lipinski definition) is 1. The van der Waals surface area contributed by atoms with Crippen molar-refractivity contribution in [3.8, 4) is 0 Å². The van der Waals surface area contributed by atoms with Crippen LogP contribution in [-0.2, 0) is 9.59 Å². The summed E-state index contributed by atoms with van der Waals surface area (Å²) in [5, 5.41) is 3.10. The number of carbonyl (C=O) groups is 2. The molecule has 2 fully saturated rings. The average molecular weight is 422 g/mol. The summed E-state index contributed by atoms with van der Waals surface area (Å²) < 4.78 is 0.876. The molecular formula is C20H28BrN3O2. The van der Waals surface area contributed by atoms with Crippen LogP contribution in [0.15, 0.2) is 28.7 Å². The van der Waals surface area contributed by atoms with Crippen molar-refractivity contribution in [2.24, 2.45) is 5.92 Å². The molecule has 26 heavy (non-hydrogen) atoms. The van der Waals surface area contributed by atoms with E-state index in [9.17, 15) is 9.59 Å². The van der Waals surface area contributed by atoms with Crippen LogP contribution in [0.25, 0.3) is 0 Å². The third kappa shape index (κ3) is 4.29. The monoisotopic (exact) mass is 421 g/mol. The highest BCUT2D eigenvalue weighted by Crippen LogP contribution is 2.31. The number of carbonyl (C=O) groups excluding carboxylic acids is 2. The molecule has 0 aliphatic carbocycles. The summed E-state index contributed by atoms with van der Waals surface area (Å²) >= 11 is 3.49. The first-order chi connectivity index (χ1) is 12.4. The molecule has 1 atom stereocenters. The van der Waals surface area contributed by atoms with E-state index in [1.807, 2.05) is 24.3 Å². The normalized spacial score (nSPS) is 21.9. The van der Waals surface area contributed by atoms with E-state index in [0.717, 1.165) is 23.2 Å². The fourth-order valence-corrected chi connectivity index (χ4v) is 4.34. The molecule has 2 aliphatic heterocycles. The van der Waals surface area contributed by atoms with Crippen LogP contribution < -0.4 is 10.2 Å². The predicted octanol–water partition coefficient (Wildman–Crippen LogP) is 3.18. The number of rotatable bonds is 5. The maximum absolute atomic E-state index is 12.7. The molecule has 5 nitrogen and oxygen atoms in total. The Kier molecular flexibility index (Phi) is 6.03. The van der Waals surface area contributed by atoms with Crippen molar-refractivity contribution in [1.29, 1.82) is 0 Å². The minimum absolute atomic E-state index is 0.00680. The molecule has 2 amide bonds. The number of amides is 2. The molecule has 0 radical (unpaired) electrons. The van der Waals surface area contributed by atoms with Gasteiger partial charge in [0.2, 0.25) is 11.8 Å². The molecule has 2 saturated heterocycles. The second kappa shape index (κ2) is 8.09. The molecule has 0 saturated carbocycles. The lowest BCUT2D eigenvalue weighted by Crippen LogP contribution is -2.54. The SMILES string of the molecule is CC(C)(CNC(=O)C1CC(=O)N(c2ccccc2Br)C1)N1CCCCC1. The molecule has 1 aromatic carbocycles. The zero-order chi connectivity index (χ0) is 18.7. The maximum atomic E-state index is 12.7. The van der Waals surface area contributed by atoms with E-state index in [4.69, 9.17) is 0 Å². The summed E-state index contributed by atoms with van der Waals surface area (Å²) in [5.41, 5.74) is 0.780. The zero-order valence-corrected chi connectivity index (χ0v) is 17.2. The first-order valence-electron chi connectivity index (χ1n) is 9.46. The van der Waals surface area contributed by atoms with Gasteiger partial charge in [0.15, 0.2) is 0 Å². The van der Waals surface area contributed by atoms with Gasteiger partial charge in [-0.05, 0) is 67.8 Å². The van der Waals surface area contributed by atoms with Gasteiger partial charge in [-0.1, -0.05) is 18.6 Å². The molecule has 0 spiro atoms. The summed E-state index contributed by atoms with van der Waals surface area (Å²) in [6, 6.07) is 7.64. The number of nitrogens with zero attached hydrogens (tertiary/aromatic N) is 2. The molecule has 0 bridgehead atoms. The van der Waals surface area contributed by atoms with Crippen molar-refractivity contribution < 1.29 is 9.59 Å². The van der Waals surface area contributed by atoms with E-state index in [0.29, 0.717) is 13.1 Å². The third-order valence-corrected chi connectivity index (χ3v) is 6.22. The van der Waals surface area contributed by atoms with Crippen LogP contribution in [0.1, 0.15) is 39.5 Å². The van der Waals surface area contributed by atoms with E-state index in [-0.39, 0.29) is 29.7 Å². The quantitative estimate of drug-likeness (QED) is 0.793. The highest BCUT2D eigenvalue weighted by atomic mass is 79.9. The number of likely N-dealkylation sites (tertiary alicyclic amines) is 1. The fourth-order valence-electron chi connectivity index (χ4n) is 3.85. The van der Waals surface area contributed by atoms with Gasteiger partial charge in [0.1, 0.15) is 0 Å². The molecule has 6 heteroatoms. The maximum Gasteiger partial charge on any atom is 0.227 e. The van der Waals surface area contributed by atoms with E-state index < -0.39 is 0 Å². The second-order valence-electron chi connectivity index (χ2n) is 7.93. The Bertz CT molecular complexity index is 671. The summed E-state index contributed by atoms with van der Waals surface area (Å²) in [7, 11) is 0. The lowest BCUT2D eigenvalue weighted by molar-refractivity contribution is -0.126. The Labute approximate surface area is 164 Å². The van der Waals surface area contributed by atoms with Gasteiger partial charge in [0.25, 0.3) is 0 Å². The van der Waals surface area contributed by atoms with E-state index in [1.54, 1.807) is 4.90 Å². The van der Waals surface area contributed by atoms with Crippen molar-refractivity contribution in [3.05, 3.63) is 28.7 Å². The molecule has 1 unspecified atom stereocenters. The molecule has 1 aromatic rings. The van der Waals surface area contributed by atoms with Crippen LogP contribution in [-0.4, -0.2) is 48.4 Å². The topological polar surface area (TPSA) is 52.7 Å². The van der Waals surface area contributed by atoms with Gasteiger partial charge >= 0.3 is 0 Å². The standard InChI is InChI=1S/C20H28BrN3O2/c1-20(2,23-10-6-3-7-11-23)14-22-19(26)15-12-18(25)24(13-15)17-9-5-4-8-16(17)21/h4-5,8-9,15H,3,6-7,10-14H2,1-2H3,(H,22,26). The van der Waals surface area contributed by atoms with Crippen LogP contribution in [0, 0.1) is 5.92 Å². The number of halogens is 1. The highest BCUT2D eigenvalue weighted by Gasteiger charge is 2.37. The molecule has 142 valence electrons. The summed E-state index contributed by atoms with van der Waals surface area (Å²) in [6.45, 7) is 7.63. The minimum Gasteiger partial charge on any atom is -0.354 e. The van der Waals surface area contributed by atoms with Crippen molar-refractivity contribution in [2.45, 2.75) is 45.1 Å². The number of para-hydroxylation sites is 1. The zero-order valence-electron chi connectivity index (χ0n) is 15.6. The number of nitrogens with one attached hydrogen (secondary N) is 1. The van der Waals surface area contributed by atoms with Gasteiger partial charge in [-0.15, -0.1) is 0 Å². The van der Waals surface area contributed by atoms with Crippen LogP contribution >= 0.6 is 15.9 Å². The second-order valence-corrected chi connectivity index (χ2v) is 8.79. The minimum atomic E-state index is -0.285. The van der Waals surface area contributed by atoms with Crippen molar-refractivity contribution in [1.82, 2.24) is 10.2 Å². The third-order valence-electron chi connectivity index (χ3n) is 5.55. The lowest BCUT2D eigenvalue weighted by atomic mass is 9.98. The van der Waals surface area contributed by atoms with Gasteiger partial charge < -0.3 is 10.2 Å². The molecule has 2 heterocycles. The van der Waals surface area contributed by atoms with Crippen LogP contribution in [0.3, 0.4) is 0 Å². The highest BCUT2D eigenvalue weighted by molar-refractivity contribution is 9.10.